The van der Waals surface area contributed by atoms with Crippen molar-refractivity contribution in [1.29, 1.82) is 0 Å². The van der Waals surface area contributed by atoms with Gasteiger partial charge in [-0.25, -0.2) is 14.8 Å². The van der Waals surface area contributed by atoms with Crippen LogP contribution in [0.4, 0.5) is 4.79 Å². The molecule has 41 heavy (non-hydrogen) atoms. The van der Waals surface area contributed by atoms with Crippen molar-refractivity contribution in [3.05, 3.63) is 53.6 Å². The number of likely N-dealkylation sites (N-methyl/N-ethyl adjacent to an activating group) is 1. The number of nitrogens with one attached hydrogen (secondary N) is 1. The lowest BCUT2D eigenvalue weighted by Crippen LogP contribution is -2.76. The van der Waals surface area contributed by atoms with Gasteiger partial charge in [0.25, 0.3) is 0 Å². The van der Waals surface area contributed by atoms with E-state index in [-0.39, 0.29) is 26.2 Å². The van der Waals surface area contributed by atoms with Crippen LogP contribution < -0.4 is 19.5 Å². The van der Waals surface area contributed by atoms with Crippen LogP contribution in [0.15, 0.2) is 42.5 Å². The summed E-state index contributed by atoms with van der Waals surface area (Å²) in [5.41, 5.74) is 1.71. The minimum atomic E-state index is -1.24. The number of rotatable bonds is 10. The number of carbonyl (C=O) groups is 4. The molecule has 0 aliphatic carbocycles. The molecule has 4 rings (SSSR count). The standard InChI is InChI=1S/C28H35N5O8/c1-30-17-25(34)32-21(14-26(35)36)27(37)31(12-11-18-7-10-22(40-3)23(13-18)41-4)16-24(32)33(30)28(38)29-15-19-5-8-20(39-2)9-6-19/h5-10,13,21,24H,11-12,14-17H2,1-4H3,(H,29,38)(H,35,36)/t21-,24-/m0/s1. The van der Waals surface area contributed by atoms with Crippen LogP contribution in [-0.4, -0.2) is 109 Å². The van der Waals surface area contributed by atoms with E-state index in [1.54, 1.807) is 39.5 Å². The maximum absolute atomic E-state index is 13.5. The van der Waals surface area contributed by atoms with Crippen LogP contribution in [0.5, 0.6) is 17.2 Å². The molecule has 13 nitrogen and oxygen atoms in total. The number of piperazine rings is 1. The molecule has 2 aromatic carbocycles. The van der Waals surface area contributed by atoms with Crippen molar-refractivity contribution < 1.29 is 38.5 Å². The van der Waals surface area contributed by atoms with Gasteiger partial charge in [0.15, 0.2) is 11.5 Å². The first-order valence-corrected chi connectivity index (χ1v) is 13.1. The molecule has 0 bridgehead atoms. The Labute approximate surface area is 238 Å². The van der Waals surface area contributed by atoms with Crippen LogP contribution in [0.1, 0.15) is 17.5 Å². The van der Waals surface area contributed by atoms with Gasteiger partial charge in [0.2, 0.25) is 11.8 Å². The van der Waals surface area contributed by atoms with Gasteiger partial charge in [0.1, 0.15) is 18.0 Å². The number of urea groups is 1. The fraction of sp³-hybridized carbons (Fsp3) is 0.429. The van der Waals surface area contributed by atoms with Crippen molar-refractivity contribution in [2.45, 2.75) is 31.6 Å². The predicted molar refractivity (Wildman–Crippen MR) is 146 cm³/mol. The molecule has 2 N–H and O–H groups in total. The second kappa shape index (κ2) is 12.8. The molecule has 2 saturated heterocycles. The zero-order valence-electron chi connectivity index (χ0n) is 23.5. The summed E-state index contributed by atoms with van der Waals surface area (Å²) in [5, 5.41) is 15.3. The van der Waals surface area contributed by atoms with Crippen molar-refractivity contribution in [3.63, 3.8) is 0 Å². The second-order valence-electron chi connectivity index (χ2n) is 9.79. The zero-order valence-corrected chi connectivity index (χ0v) is 23.5. The van der Waals surface area contributed by atoms with Crippen LogP contribution >= 0.6 is 0 Å². The number of carbonyl (C=O) groups excluding carboxylic acids is 3. The number of fused-ring (bicyclic) bond motifs is 1. The van der Waals surface area contributed by atoms with Crippen molar-refractivity contribution in [3.8, 4) is 17.2 Å². The quantitative estimate of drug-likeness (QED) is 0.431. The van der Waals surface area contributed by atoms with Gasteiger partial charge >= 0.3 is 12.0 Å². The van der Waals surface area contributed by atoms with Gasteiger partial charge in [-0.3, -0.25) is 14.4 Å². The summed E-state index contributed by atoms with van der Waals surface area (Å²) in [4.78, 5) is 54.6. The number of hydrazine groups is 1. The van der Waals surface area contributed by atoms with Gasteiger partial charge in [-0.15, -0.1) is 0 Å². The SMILES string of the molecule is COc1ccc(CNC(=O)N2[C@H]3CN(CCc4ccc(OC)c(OC)c4)C(=O)[C@H](CC(=O)O)N3C(=O)CN2C)cc1. The lowest BCUT2D eigenvalue weighted by Gasteiger charge is -2.54. The van der Waals surface area contributed by atoms with E-state index < -0.39 is 42.4 Å². The average molecular weight is 570 g/mol. The minimum Gasteiger partial charge on any atom is -0.497 e. The normalized spacial score (nSPS) is 19.1. The van der Waals surface area contributed by atoms with Crippen molar-refractivity contribution in [1.82, 2.24) is 25.1 Å². The Balaban J connectivity index is 1.55. The molecule has 0 saturated carbocycles. The molecule has 0 radical (unpaired) electrons. The molecule has 0 spiro atoms. The Hall–Kier alpha value is -4.52. The van der Waals surface area contributed by atoms with E-state index in [4.69, 9.17) is 14.2 Å². The number of benzene rings is 2. The molecule has 13 heteroatoms. The maximum atomic E-state index is 13.5. The summed E-state index contributed by atoms with van der Waals surface area (Å²) in [7, 11) is 6.25. The number of aliphatic carboxylic acids is 1. The summed E-state index contributed by atoms with van der Waals surface area (Å²) >= 11 is 0. The van der Waals surface area contributed by atoms with Gasteiger partial charge in [0.05, 0.1) is 40.8 Å². The molecule has 4 amide bonds. The molecule has 2 fully saturated rings. The third-order valence-electron chi connectivity index (χ3n) is 7.24. The topological polar surface area (TPSA) is 141 Å². The van der Waals surface area contributed by atoms with Gasteiger partial charge in [-0.05, 0) is 41.8 Å². The van der Waals surface area contributed by atoms with Crippen LogP contribution in [0, 0.1) is 0 Å². The first kappa shape index (κ1) is 29.5. The predicted octanol–water partition coefficient (Wildman–Crippen LogP) is 1.17. The van der Waals surface area contributed by atoms with E-state index in [2.05, 4.69) is 5.32 Å². The van der Waals surface area contributed by atoms with E-state index in [0.717, 1.165) is 11.1 Å². The summed E-state index contributed by atoms with van der Waals surface area (Å²) < 4.78 is 15.8. The van der Waals surface area contributed by atoms with Crippen LogP contribution in [-0.2, 0) is 27.3 Å². The zero-order chi connectivity index (χ0) is 29.7. The third kappa shape index (κ3) is 6.46. The van der Waals surface area contributed by atoms with Crippen molar-refractivity contribution in [2.24, 2.45) is 0 Å². The first-order valence-electron chi connectivity index (χ1n) is 13.1. The number of hydrogen-bond donors (Lipinski definition) is 2. The third-order valence-corrected chi connectivity index (χ3v) is 7.24. The number of nitrogens with zero attached hydrogens (tertiary/aromatic N) is 4. The Morgan fingerprint density at radius 2 is 1.66 bits per heavy atom. The lowest BCUT2D eigenvalue weighted by molar-refractivity contribution is -0.188. The van der Waals surface area contributed by atoms with E-state index in [1.165, 1.54) is 26.9 Å². The number of ether oxygens (including phenoxy) is 3. The van der Waals surface area contributed by atoms with Gasteiger partial charge in [-0.1, -0.05) is 18.2 Å². The first-order chi connectivity index (χ1) is 19.7. The molecule has 2 aliphatic heterocycles. The molecule has 2 heterocycles. The number of amides is 4. The maximum Gasteiger partial charge on any atom is 0.334 e. The highest BCUT2D eigenvalue weighted by Crippen LogP contribution is 2.30. The number of carboxylic acid groups (broad SMARTS) is 1. The van der Waals surface area contributed by atoms with Crippen LogP contribution in [0.25, 0.3) is 0 Å². The van der Waals surface area contributed by atoms with Crippen molar-refractivity contribution in [2.75, 3.05) is 48.0 Å². The van der Waals surface area contributed by atoms with E-state index in [9.17, 15) is 24.3 Å². The van der Waals surface area contributed by atoms with Crippen LogP contribution in [0.3, 0.4) is 0 Å². The molecular weight excluding hydrogens is 534 g/mol. The Kier molecular flexibility index (Phi) is 9.17. The minimum absolute atomic E-state index is 0.0221. The average Bonchev–Trinajstić information content (AvgIpc) is 2.96. The highest BCUT2D eigenvalue weighted by Gasteiger charge is 2.51. The molecule has 220 valence electrons. The number of hydrogen-bond acceptors (Lipinski definition) is 8. The Morgan fingerprint density at radius 1 is 0.976 bits per heavy atom. The summed E-state index contributed by atoms with van der Waals surface area (Å²) in [6.45, 7) is 0.304. The largest absolute Gasteiger partial charge is 0.497 e. The monoisotopic (exact) mass is 569 g/mol. The fourth-order valence-electron chi connectivity index (χ4n) is 5.17. The van der Waals surface area contributed by atoms with E-state index in [0.29, 0.717) is 23.7 Å². The fourth-order valence-corrected chi connectivity index (χ4v) is 5.17. The molecular formula is C28H35N5O8. The van der Waals surface area contributed by atoms with Crippen molar-refractivity contribution >= 4 is 23.8 Å². The smallest absolute Gasteiger partial charge is 0.334 e. The summed E-state index contributed by atoms with van der Waals surface area (Å²) in [6, 6.07) is 10.9. The highest BCUT2D eigenvalue weighted by molar-refractivity contribution is 5.93. The summed E-state index contributed by atoms with van der Waals surface area (Å²) in [6.07, 6.45) is -1.02. The Morgan fingerprint density at radius 3 is 2.29 bits per heavy atom. The van der Waals surface area contributed by atoms with Gasteiger partial charge in [-0.2, -0.15) is 0 Å². The number of carboxylic acids is 1. The molecule has 0 aromatic heterocycles. The van der Waals surface area contributed by atoms with E-state index >= 15 is 0 Å². The summed E-state index contributed by atoms with van der Waals surface area (Å²) in [5.74, 6) is -0.302. The second-order valence-corrected chi connectivity index (χ2v) is 9.79. The van der Waals surface area contributed by atoms with Crippen LogP contribution in [0.2, 0.25) is 0 Å². The number of methoxy groups -OCH3 is 3. The van der Waals surface area contributed by atoms with E-state index in [1.807, 2.05) is 24.3 Å². The lowest BCUT2D eigenvalue weighted by atomic mass is 10.0. The Bertz CT molecular complexity index is 1290. The molecule has 2 aliphatic rings. The van der Waals surface area contributed by atoms with Gasteiger partial charge in [0, 0.05) is 20.1 Å². The molecule has 2 atom stereocenters. The van der Waals surface area contributed by atoms with Gasteiger partial charge < -0.3 is 34.4 Å². The highest BCUT2D eigenvalue weighted by atomic mass is 16.5. The molecule has 2 aromatic rings. The molecule has 0 unspecified atom stereocenters.